The lowest BCUT2D eigenvalue weighted by molar-refractivity contribution is -0.137. The molecule has 18 heavy (non-hydrogen) atoms. The molecule has 1 rings (SSSR count). The summed E-state index contributed by atoms with van der Waals surface area (Å²) in [5, 5.41) is 0. The van der Waals surface area contributed by atoms with E-state index in [-0.39, 0.29) is 5.56 Å². The molecule has 0 fully saturated rings. The van der Waals surface area contributed by atoms with Gasteiger partial charge >= 0.3 is 6.18 Å². The average Bonchev–Trinajstić information content (AvgIpc) is 2.23. The first kappa shape index (κ1) is 14.2. The van der Waals surface area contributed by atoms with E-state index >= 15 is 0 Å². The van der Waals surface area contributed by atoms with Crippen LogP contribution in [0.25, 0.3) is 0 Å². The van der Waals surface area contributed by atoms with Gasteiger partial charge in [-0.2, -0.15) is 18.2 Å². The van der Waals surface area contributed by atoms with Crippen molar-refractivity contribution in [3.8, 4) is 0 Å². The molecule has 0 saturated heterocycles. The van der Waals surface area contributed by atoms with Crippen molar-refractivity contribution in [1.29, 1.82) is 0 Å². The Bertz CT molecular complexity index is 479. The molecule has 0 spiro atoms. The van der Waals surface area contributed by atoms with Gasteiger partial charge in [0.15, 0.2) is 0 Å². The second-order valence-electron chi connectivity index (χ2n) is 4.10. The summed E-state index contributed by atoms with van der Waals surface area (Å²) in [5.41, 5.74) is -0.542. The van der Waals surface area contributed by atoms with Crippen molar-refractivity contribution in [3.63, 3.8) is 0 Å². The van der Waals surface area contributed by atoms with Crippen molar-refractivity contribution in [2.24, 2.45) is 4.99 Å². The van der Waals surface area contributed by atoms with E-state index in [1.54, 1.807) is 14.1 Å². The maximum atomic E-state index is 12.6. The molecule has 3 nitrogen and oxygen atoms in total. The van der Waals surface area contributed by atoms with Gasteiger partial charge in [0.05, 0.1) is 11.9 Å². The van der Waals surface area contributed by atoms with E-state index in [2.05, 4.69) is 4.99 Å². The van der Waals surface area contributed by atoms with Gasteiger partial charge in [-0.25, -0.2) is 0 Å². The summed E-state index contributed by atoms with van der Waals surface area (Å²) in [7, 11) is 3.32. The Labute approximate surface area is 103 Å². The summed E-state index contributed by atoms with van der Waals surface area (Å²) in [5.74, 6) is -0.696. The minimum Gasteiger partial charge on any atom is -0.369 e. The third-order valence-corrected chi connectivity index (χ3v) is 2.06. The van der Waals surface area contributed by atoms with Crippen LogP contribution in [0.5, 0.6) is 0 Å². The Kier molecular flexibility index (Phi) is 4.11. The third kappa shape index (κ3) is 3.87. The van der Waals surface area contributed by atoms with Gasteiger partial charge in [0.2, 0.25) is 0 Å². The van der Waals surface area contributed by atoms with Crippen LogP contribution in [0.4, 0.5) is 13.2 Å². The topological polar surface area (TPSA) is 32.7 Å². The van der Waals surface area contributed by atoms with Gasteiger partial charge < -0.3 is 4.90 Å². The maximum Gasteiger partial charge on any atom is 0.416 e. The van der Waals surface area contributed by atoms with Crippen LogP contribution in [0.1, 0.15) is 21.5 Å². The highest BCUT2D eigenvalue weighted by atomic mass is 19.4. The highest BCUT2D eigenvalue weighted by Crippen LogP contribution is 2.30. The zero-order chi connectivity index (χ0) is 13.9. The van der Waals surface area contributed by atoms with Gasteiger partial charge in [-0.15, -0.1) is 0 Å². The molecular formula is C12H13F3N2O. The van der Waals surface area contributed by atoms with Crippen LogP contribution in [0.3, 0.4) is 0 Å². The maximum absolute atomic E-state index is 12.6. The number of carbonyl (C=O) groups is 1. The third-order valence-electron chi connectivity index (χ3n) is 2.06. The number of aryl methyl sites for hydroxylation is 1. The number of halogens is 3. The lowest BCUT2D eigenvalue weighted by atomic mass is 10.1. The Hall–Kier alpha value is -1.85. The Morgan fingerprint density at radius 2 is 1.89 bits per heavy atom. The Morgan fingerprint density at radius 1 is 1.28 bits per heavy atom. The molecule has 0 aliphatic carbocycles. The summed E-state index contributed by atoms with van der Waals surface area (Å²) < 4.78 is 37.7. The second-order valence-corrected chi connectivity index (χ2v) is 4.10. The minimum absolute atomic E-state index is 0.0691. The van der Waals surface area contributed by atoms with Gasteiger partial charge in [-0.05, 0) is 30.7 Å². The van der Waals surface area contributed by atoms with Crippen molar-refractivity contribution in [1.82, 2.24) is 4.90 Å². The number of alkyl halides is 3. The minimum atomic E-state index is -4.47. The molecule has 0 aromatic heterocycles. The van der Waals surface area contributed by atoms with E-state index in [9.17, 15) is 18.0 Å². The van der Waals surface area contributed by atoms with Gasteiger partial charge in [-0.1, -0.05) is 0 Å². The van der Waals surface area contributed by atoms with E-state index in [1.165, 1.54) is 24.2 Å². The van der Waals surface area contributed by atoms with Crippen molar-refractivity contribution in [2.75, 3.05) is 14.1 Å². The molecule has 0 aliphatic heterocycles. The first-order valence-corrected chi connectivity index (χ1v) is 5.14. The second kappa shape index (κ2) is 5.20. The lowest BCUT2D eigenvalue weighted by Crippen LogP contribution is -2.11. The first-order chi connectivity index (χ1) is 8.20. The van der Waals surface area contributed by atoms with Gasteiger partial charge in [-0.3, -0.25) is 4.79 Å². The Balaban J connectivity index is 3.11. The first-order valence-electron chi connectivity index (χ1n) is 5.14. The van der Waals surface area contributed by atoms with Crippen molar-refractivity contribution < 1.29 is 18.0 Å². The van der Waals surface area contributed by atoms with Crippen molar-refractivity contribution in [3.05, 3.63) is 34.9 Å². The molecule has 0 radical (unpaired) electrons. The molecule has 1 aromatic carbocycles. The summed E-state index contributed by atoms with van der Waals surface area (Å²) in [6.07, 6.45) is -3.22. The number of nitrogens with zero attached hydrogens (tertiary/aromatic N) is 2. The van der Waals surface area contributed by atoms with E-state index in [0.717, 1.165) is 12.1 Å². The molecule has 0 atom stereocenters. The van der Waals surface area contributed by atoms with Crippen LogP contribution >= 0.6 is 0 Å². The molecule has 0 N–H and O–H groups in total. The molecule has 0 heterocycles. The van der Waals surface area contributed by atoms with Gasteiger partial charge in [0.1, 0.15) is 0 Å². The van der Waals surface area contributed by atoms with Gasteiger partial charge in [0, 0.05) is 19.7 Å². The predicted octanol–water partition coefficient (Wildman–Crippen LogP) is 2.74. The lowest BCUT2D eigenvalue weighted by Gasteiger charge is -2.09. The number of rotatable bonds is 2. The van der Waals surface area contributed by atoms with E-state index in [1.807, 2.05) is 0 Å². The van der Waals surface area contributed by atoms with E-state index in [0.29, 0.717) is 5.56 Å². The van der Waals surface area contributed by atoms with Crippen LogP contribution in [0, 0.1) is 6.92 Å². The number of hydrogen-bond acceptors (Lipinski definition) is 1. The highest BCUT2D eigenvalue weighted by molar-refractivity contribution is 5.98. The fourth-order valence-corrected chi connectivity index (χ4v) is 1.31. The smallest absolute Gasteiger partial charge is 0.369 e. The highest BCUT2D eigenvalue weighted by Gasteiger charge is 2.31. The fraction of sp³-hybridized carbons (Fsp3) is 0.333. The standard InChI is InChI=1S/C12H13F3N2O/c1-8-4-9(11(18)16-7-17(2)3)6-10(5-8)12(13,14)15/h4-7H,1-3H3. The molecular weight excluding hydrogens is 245 g/mol. The summed E-state index contributed by atoms with van der Waals surface area (Å²) in [4.78, 5) is 16.7. The van der Waals surface area contributed by atoms with Crippen LogP contribution in [-0.2, 0) is 6.18 Å². The molecule has 0 saturated carbocycles. The summed E-state index contributed by atoms with van der Waals surface area (Å²) >= 11 is 0. The molecule has 6 heteroatoms. The van der Waals surface area contributed by atoms with Gasteiger partial charge in [0.25, 0.3) is 5.91 Å². The molecule has 0 unspecified atom stereocenters. The SMILES string of the molecule is Cc1cc(C(=O)N=CN(C)C)cc(C(F)(F)F)c1. The zero-order valence-electron chi connectivity index (χ0n) is 10.2. The number of aliphatic imine (C=N–C) groups is 1. The molecule has 98 valence electrons. The average molecular weight is 258 g/mol. The molecule has 0 aliphatic rings. The normalized spacial score (nSPS) is 11.9. The molecule has 1 amide bonds. The van der Waals surface area contributed by atoms with Crippen molar-refractivity contribution >= 4 is 12.2 Å². The summed E-state index contributed by atoms with van der Waals surface area (Å²) in [6, 6.07) is 3.18. The van der Waals surface area contributed by atoms with E-state index < -0.39 is 17.6 Å². The quantitative estimate of drug-likeness (QED) is 0.603. The summed E-state index contributed by atoms with van der Waals surface area (Å²) in [6.45, 7) is 1.50. The molecule has 0 bridgehead atoms. The Morgan fingerprint density at radius 3 is 2.39 bits per heavy atom. The zero-order valence-corrected chi connectivity index (χ0v) is 10.2. The van der Waals surface area contributed by atoms with Crippen LogP contribution in [0.2, 0.25) is 0 Å². The number of amides is 1. The van der Waals surface area contributed by atoms with Crippen molar-refractivity contribution in [2.45, 2.75) is 13.1 Å². The number of hydrogen-bond donors (Lipinski definition) is 0. The molecule has 1 aromatic rings. The van der Waals surface area contributed by atoms with Crippen LogP contribution in [0.15, 0.2) is 23.2 Å². The largest absolute Gasteiger partial charge is 0.416 e. The fourth-order valence-electron chi connectivity index (χ4n) is 1.31. The van der Waals surface area contributed by atoms with E-state index in [4.69, 9.17) is 0 Å². The predicted molar refractivity (Wildman–Crippen MR) is 62.7 cm³/mol. The number of carbonyl (C=O) groups excluding carboxylic acids is 1. The van der Waals surface area contributed by atoms with Crippen LogP contribution < -0.4 is 0 Å². The van der Waals surface area contributed by atoms with Crippen LogP contribution in [-0.4, -0.2) is 31.2 Å². The monoisotopic (exact) mass is 258 g/mol. The number of benzene rings is 1.